The zero-order valence-corrected chi connectivity index (χ0v) is 23.2. The highest BCUT2D eigenvalue weighted by Gasteiger charge is 2.72. The molecule has 2 aromatic carbocycles. The largest absolute Gasteiger partial charge is 0.359 e. The molecule has 6 rings (SSSR count). The molecule has 0 aromatic heterocycles. The summed E-state index contributed by atoms with van der Waals surface area (Å²) in [6.45, 7) is 2.10. The molecule has 1 saturated carbocycles. The van der Waals surface area contributed by atoms with E-state index in [1.54, 1.807) is 29.2 Å². The minimum Gasteiger partial charge on any atom is -0.359 e. The smallest absolute Gasteiger partial charge is 0.246 e. The Morgan fingerprint density at radius 2 is 1.79 bits per heavy atom. The molecule has 2 N–H and O–H groups in total. The van der Waals surface area contributed by atoms with Gasteiger partial charge in [-0.15, -0.1) is 0 Å². The molecule has 7 nitrogen and oxygen atoms in total. The SMILES string of the molecule is Cc1ccc(NC(=O)[C@H]2[C@H]3C=C[C@]4(O3)[C@H](C(=O)NC3CCCCC3)N(Cc3ccc(Cl)cc3)C(=O)[C@@H]24)cc1Cl. The number of halogens is 2. The van der Waals surface area contributed by atoms with Gasteiger partial charge in [0, 0.05) is 28.3 Å². The predicted molar refractivity (Wildman–Crippen MR) is 149 cm³/mol. The summed E-state index contributed by atoms with van der Waals surface area (Å²) in [7, 11) is 0. The van der Waals surface area contributed by atoms with Crippen molar-refractivity contribution in [3.05, 3.63) is 75.8 Å². The van der Waals surface area contributed by atoms with Crippen LogP contribution in [0.25, 0.3) is 0 Å². The molecule has 204 valence electrons. The lowest BCUT2D eigenvalue weighted by molar-refractivity contribution is -0.142. The molecule has 2 saturated heterocycles. The fourth-order valence-electron chi connectivity index (χ4n) is 6.65. The van der Waals surface area contributed by atoms with Crippen LogP contribution in [-0.2, 0) is 25.7 Å². The standard InChI is InChI=1S/C30H31Cl2N3O4/c1-17-7-12-21(15-22(17)32)34-27(36)24-23-13-14-30(39-23)25(24)29(38)35(16-18-8-10-19(31)11-9-18)26(30)28(37)33-20-5-3-2-4-6-20/h7-15,20,23-26H,2-6,16H2,1H3,(H,33,37)(H,34,36)/t23-,24+,25-,26+,30-/m1/s1. The van der Waals surface area contributed by atoms with Crippen molar-refractivity contribution in [2.45, 2.75) is 69.4 Å². The second-order valence-electron chi connectivity index (χ2n) is 11.1. The molecule has 2 aromatic rings. The second kappa shape index (κ2) is 10.3. The number of carbonyl (C=O) groups excluding carboxylic acids is 3. The molecule has 0 unspecified atom stereocenters. The topological polar surface area (TPSA) is 87.7 Å². The summed E-state index contributed by atoms with van der Waals surface area (Å²) in [5.41, 5.74) is 1.08. The van der Waals surface area contributed by atoms with E-state index in [2.05, 4.69) is 10.6 Å². The number of aryl methyl sites for hydroxylation is 1. The van der Waals surface area contributed by atoms with Crippen molar-refractivity contribution in [1.29, 1.82) is 0 Å². The van der Waals surface area contributed by atoms with Gasteiger partial charge < -0.3 is 20.3 Å². The van der Waals surface area contributed by atoms with Crippen LogP contribution in [0.1, 0.15) is 43.2 Å². The van der Waals surface area contributed by atoms with E-state index in [9.17, 15) is 14.4 Å². The Morgan fingerprint density at radius 1 is 1.05 bits per heavy atom. The van der Waals surface area contributed by atoms with Gasteiger partial charge in [-0.3, -0.25) is 14.4 Å². The van der Waals surface area contributed by atoms with Crippen LogP contribution in [0.2, 0.25) is 10.0 Å². The Labute approximate surface area is 237 Å². The average Bonchev–Trinajstić information content (AvgIpc) is 3.56. The van der Waals surface area contributed by atoms with E-state index in [0.717, 1.165) is 36.8 Å². The molecule has 39 heavy (non-hydrogen) atoms. The fraction of sp³-hybridized carbons (Fsp3) is 0.433. The number of benzene rings is 2. The zero-order chi connectivity index (χ0) is 27.3. The molecule has 2 bridgehead atoms. The minimum atomic E-state index is -1.21. The number of anilines is 1. The third-order valence-corrected chi connectivity index (χ3v) is 9.24. The van der Waals surface area contributed by atoms with Gasteiger partial charge in [-0.25, -0.2) is 0 Å². The van der Waals surface area contributed by atoms with Crippen molar-refractivity contribution < 1.29 is 19.1 Å². The van der Waals surface area contributed by atoms with E-state index >= 15 is 0 Å². The lowest BCUT2D eigenvalue weighted by atomic mass is 9.74. The lowest BCUT2D eigenvalue weighted by Gasteiger charge is -2.34. The van der Waals surface area contributed by atoms with Crippen LogP contribution < -0.4 is 10.6 Å². The maximum atomic E-state index is 14.1. The molecular weight excluding hydrogens is 537 g/mol. The van der Waals surface area contributed by atoms with E-state index in [0.29, 0.717) is 15.7 Å². The summed E-state index contributed by atoms with van der Waals surface area (Å²) >= 11 is 12.4. The van der Waals surface area contributed by atoms with Gasteiger partial charge in [-0.05, 0) is 55.2 Å². The molecule has 4 aliphatic rings. The maximum absolute atomic E-state index is 14.1. The van der Waals surface area contributed by atoms with E-state index in [4.69, 9.17) is 27.9 Å². The van der Waals surface area contributed by atoms with Gasteiger partial charge in [0.2, 0.25) is 17.7 Å². The van der Waals surface area contributed by atoms with Gasteiger partial charge in [0.15, 0.2) is 0 Å². The van der Waals surface area contributed by atoms with Gasteiger partial charge in [0.1, 0.15) is 11.6 Å². The Kier molecular flexibility index (Phi) is 6.94. The van der Waals surface area contributed by atoms with Crippen LogP contribution in [0.4, 0.5) is 5.69 Å². The first-order valence-electron chi connectivity index (χ1n) is 13.6. The molecule has 3 aliphatic heterocycles. The average molecular weight is 569 g/mol. The van der Waals surface area contributed by atoms with Gasteiger partial charge in [0.05, 0.1) is 17.9 Å². The van der Waals surface area contributed by atoms with E-state index in [1.807, 2.05) is 37.3 Å². The highest BCUT2D eigenvalue weighted by atomic mass is 35.5. The van der Waals surface area contributed by atoms with Crippen LogP contribution >= 0.6 is 23.2 Å². The number of fused-ring (bicyclic) bond motifs is 1. The minimum absolute atomic E-state index is 0.0714. The van der Waals surface area contributed by atoms with Crippen LogP contribution in [0.15, 0.2) is 54.6 Å². The van der Waals surface area contributed by atoms with Gasteiger partial charge in [-0.2, -0.15) is 0 Å². The van der Waals surface area contributed by atoms with Gasteiger partial charge >= 0.3 is 0 Å². The summed E-state index contributed by atoms with van der Waals surface area (Å²) in [6, 6.07) is 11.7. The maximum Gasteiger partial charge on any atom is 0.246 e. The van der Waals surface area contributed by atoms with Gasteiger partial charge in [0.25, 0.3) is 0 Å². The van der Waals surface area contributed by atoms with Crippen molar-refractivity contribution in [3.8, 4) is 0 Å². The number of rotatable bonds is 6. The first kappa shape index (κ1) is 26.4. The molecule has 9 heteroatoms. The normalized spacial score (nSPS) is 29.5. The number of nitrogens with one attached hydrogen (secondary N) is 2. The Morgan fingerprint density at radius 3 is 2.51 bits per heavy atom. The predicted octanol–water partition coefficient (Wildman–Crippen LogP) is 5.04. The van der Waals surface area contributed by atoms with Gasteiger partial charge in [-0.1, -0.05) is 72.8 Å². The summed E-state index contributed by atoms with van der Waals surface area (Å²) in [5, 5.41) is 7.26. The number of amides is 3. The van der Waals surface area contributed by atoms with Crippen molar-refractivity contribution in [2.24, 2.45) is 11.8 Å². The summed E-state index contributed by atoms with van der Waals surface area (Å²) < 4.78 is 6.44. The second-order valence-corrected chi connectivity index (χ2v) is 11.9. The van der Waals surface area contributed by atoms with E-state index < -0.39 is 29.6 Å². The van der Waals surface area contributed by atoms with Crippen LogP contribution in [0, 0.1) is 18.8 Å². The zero-order valence-electron chi connectivity index (χ0n) is 21.7. The third-order valence-electron chi connectivity index (χ3n) is 8.58. The number of hydrogen-bond acceptors (Lipinski definition) is 4. The first-order valence-corrected chi connectivity index (χ1v) is 14.3. The van der Waals surface area contributed by atoms with Crippen LogP contribution in [-0.4, -0.2) is 46.4 Å². The molecule has 3 heterocycles. The highest BCUT2D eigenvalue weighted by Crippen LogP contribution is 2.55. The summed E-state index contributed by atoms with van der Waals surface area (Å²) in [5.74, 6) is -2.42. The van der Waals surface area contributed by atoms with Crippen molar-refractivity contribution in [2.75, 3.05) is 5.32 Å². The first-order chi connectivity index (χ1) is 18.8. The molecule has 3 fully saturated rings. The lowest BCUT2D eigenvalue weighted by Crippen LogP contribution is -2.56. The van der Waals surface area contributed by atoms with Crippen molar-refractivity contribution in [3.63, 3.8) is 0 Å². The van der Waals surface area contributed by atoms with Crippen molar-refractivity contribution in [1.82, 2.24) is 10.2 Å². The summed E-state index contributed by atoms with van der Waals surface area (Å²) in [6.07, 6.45) is 8.21. The third kappa shape index (κ3) is 4.64. The molecule has 0 radical (unpaired) electrons. The number of hydrogen-bond donors (Lipinski definition) is 2. The highest BCUT2D eigenvalue weighted by molar-refractivity contribution is 6.31. The monoisotopic (exact) mass is 567 g/mol. The summed E-state index contributed by atoms with van der Waals surface area (Å²) in [4.78, 5) is 43.3. The molecule has 5 atom stereocenters. The molecule has 1 spiro atoms. The quantitative estimate of drug-likeness (QED) is 0.478. The number of ether oxygens (including phenoxy) is 1. The van der Waals surface area contributed by atoms with Crippen LogP contribution in [0.5, 0.6) is 0 Å². The number of likely N-dealkylation sites (tertiary alicyclic amines) is 1. The van der Waals surface area contributed by atoms with Crippen LogP contribution in [0.3, 0.4) is 0 Å². The number of carbonyl (C=O) groups is 3. The van der Waals surface area contributed by atoms with E-state index in [1.165, 1.54) is 6.42 Å². The molecule has 1 aliphatic carbocycles. The number of nitrogens with zero attached hydrogens (tertiary/aromatic N) is 1. The van der Waals surface area contributed by atoms with Crippen molar-refractivity contribution >= 4 is 46.6 Å². The van der Waals surface area contributed by atoms with E-state index in [-0.39, 0.29) is 30.3 Å². The fourth-order valence-corrected chi connectivity index (χ4v) is 6.95. The Balaban J connectivity index is 1.32. The molecule has 3 amide bonds. The molecular formula is C30H31Cl2N3O4. The Hall–Kier alpha value is -2.87. The Bertz CT molecular complexity index is 1340.